The van der Waals surface area contributed by atoms with E-state index in [1.807, 2.05) is 13.0 Å². The van der Waals surface area contributed by atoms with Crippen molar-refractivity contribution in [2.24, 2.45) is 0 Å². The third-order valence-corrected chi connectivity index (χ3v) is 5.82. The lowest BCUT2D eigenvalue weighted by Crippen LogP contribution is -2.39. The summed E-state index contributed by atoms with van der Waals surface area (Å²) in [4.78, 5) is 2.08. The standard InChI is InChI=1S/C16H22N2O3S/c1-2-8-18(15-7-9-22(20,21)12-15)11-16(19)14-5-3-13(10-17)4-6-14/h3-6,15-16,19H,2,7-9,11-12H2,1H3. The molecule has 0 aliphatic carbocycles. The van der Waals surface area contributed by atoms with Gasteiger partial charge in [-0.3, -0.25) is 4.90 Å². The van der Waals surface area contributed by atoms with E-state index in [9.17, 15) is 13.5 Å². The maximum atomic E-state index is 11.7. The Kier molecular flexibility index (Phi) is 5.57. The zero-order valence-corrected chi connectivity index (χ0v) is 13.6. The van der Waals surface area contributed by atoms with Gasteiger partial charge in [-0.05, 0) is 37.1 Å². The third-order valence-electron chi connectivity index (χ3n) is 4.07. The number of hydrogen-bond donors (Lipinski definition) is 1. The average Bonchev–Trinajstić information content (AvgIpc) is 2.87. The SMILES string of the molecule is CCCN(CC(O)c1ccc(C#N)cc1)C1CCS(=O)(=O)C1. The molecule has 1 aromatic carbocycles. The molecule has 1 aromatic rings. The van der Waals surface area contributed by atoms with E-state index >= 15 is 0 Å². The van der Waals surface area contributed by atoms with Gasteiger partial charge in [-0.2, -0.15) is 5.26 Å². The molecule has 1 aliphatic heterocycles. The molecule has 1 heterocycles. The van der Waals surface area contributed by atoms with Crippen LogP contribution in [0.3, 0.4) is 0 Å². The minimum absolute atomic E-state index is 0.00187. The van der Waals surface area contributed by atoms with Crippen LogP contribution in [0.2, 0.25) is 0 Å². The van der Waals surface area contributed by atoms with E-state index < -0.39 is 15.9 Å². The second-order valence-electron chi connectivity index (χ2n) is 5.80. The van der Waals surface area contributed by atoms with Gasteiger partial charge in [-0.1, -0.05) is 19.1 Å². The van der Waals surface area contributed by atoms with Crippen LogP contribution in [0.15, 0.2) is 24.3 Å². The van der Waals surface area contributed by atoms with Gasteiger partial charge in [-0.25, -0.2) is 8.42 Å². The molecule has 22 heavy (non-hydrogen) atoms. The minimum Gasteiger partial charge on any atom is -0.387 e. The Bertz CT molecular complexity index is 634. The zero-order chi connectivity index (χ0) is 16.2. The van der Waals surface area contributed by atoms with Crippen molar-refractivity contribution in [1.29, 1.82) is 5.26 Å². The van der Waals surface area contributed by atoms with Crippen LogP contribution in [-0.2, 0) is 9.84 Å². The van der Waals surface area contributed by atoms with Gasteiger partial charge >= 0.3 is 0 Å². The number of rotatable bonds is 6. The van der Waals surface area contributed by atoms with Crippen molar-refractivity contribution in [3.8, 4) is 6.07 Å². The van der Waals surface area contributed by atoms with Crippen molar-refractivity contribution in [3.05, 3.63) is 35.4 Å². The maximum Gasteiger partial charge on any atom is 0.151 e. The number of hydrogen-bond acceptors (Lipinski definition) is 5. The van der Waals surface area contributed by atoms with Crippen LogP contribution < -0.4 is 0 Å². The highest BCUT2D eigenvalue weighted by atomic mass is 32.2. The molecule has 1 saturated heterocycles. The minimum atomic E-state index is -2.93. The molecule has 0 spiro atoms. The molecule has 2 rings (SSSR count). The number of aliphatic hydroxyl groups excluding tert-OH is 1. The summed E-state index contributed by atoms with van der Waals surface area (Å²) in [5.41, 5.74) is 1.31. The lowest BCUT2D eigenvalue weighted by Gasteiger charge is -2.29. The van der Waals surface area contributed by atoms with Gasteiger partial charge < -0.3 is 5.11 Å². The first-order valence-corrected chi connectivity index (χ1v) is 9.40. The van der Waals surface area contributed by atoms with Gasteiger partial charge in [0.05, 0.1) is 29.2 Å². The lowest BCUT2D eigenvalue weighted by molar-refractivity contribution is 0.0926. The molecule has 6 heteroatoms. The second-order valence-corrected chi connectivity index (χ2v) is 8.03. The summed E-state index contributed by atoms with van der Waals surface area (Å²) in [6.07, 6.45) is 0.876. The van der Waals surface area contributed by atoms with Crippen LogP contribution >= 0.6 is 0 Å². The molecule has 5 nitrogen and oxygen atoms in total. The van der Waals surface area contributed by atoms with Crippen molar-refractivity contribution >= 4 is 9.84 Å². The van der Waals surface area contributed by atoms with Crippen molar-refractivity contribution in [1.82, 2.24) is 4.90 Å². The van der Waals surface area contributed by atoms with E-state index in [0.717, 1.165) is 18.5 Å². The predicted octanol–water partition coefficient (Wildman–Crippen LogP) is 1.49. The Morgan fingerprint density at radius 2 is 2.09 bits per heavy atom. The maximum absolute atomic E-state index is 11.7. The molecule has 0 amide bonds. The molecule has 1 fully saturated rings. The summed E-state index contributed by atoms with van der Waals surface area (Å²) in [5.74, 6) is 0.429. The summed E-state index contributed by atoms with van der Waals surface area (Å²) in [7, 11) is -2.93. The monoisotopic (exact) mass is 322 g/mol. The van der Waals surface area contributed by atoms with Crippen molar-refractivity contribution in [2.45, 2.75) is 31.9 Å². The second kappa shape index (κ2) is 7.23. The van der Waals surface area contributed by atoms with Gasteiger partial charge in [0.2, 0.25) is 0 Å². The molecule has 2 unspecified atom stereocenters. The van der Waals surface area contributed by atoms with E-state index in [1.165, 1.54) is 0 Å². The zero-order valence-electron chi connectivity index (χ0n) is 12.8. The van der Waals surface area contributed by atoms with Crippen LogP contribution in [-0.4, -0.2) is 49.1 Å². The molecule has 0 saturated carbocycles. The Labute approximate surface area is 132 Å². The van der Waals surface area contributed by atoms with Crippen LogP contribution in [0.1, 0.15) is 37.0 Å². The van der Waals surface area contributed by atoms with Gasteiger partial charge in [0.1, 0.15) is 0 Å². The van der Waals surface area contributed by atoms with Gasteiger partial charge in [0, 0.05) is 12.6 Å². The topological polar surface area (TPSA) is 81.4 Å². The molecule has 0 aromatic heterocycles. The van der Waals surface area contributed by atoms with Crippen LogP contribution in [0.25, 0.3) is 0 Å². The molecular weight excluding hydrogens is 300 g/mol. The number of sulfone groups is 1. The van der Waals surface area contributed by atoms with Crippen LogP contribution in [0, 0.1) is 11.3 Å². The van der Waals surface area contributed by atoms with Crippen molar-refractivity contribution < 1.29 is 13.5 Å². The molecular formula is C16H22N2O3S. The molecule has 1 aliphatic rings. The fourth-order valence-electron chi connectivity index (χ4n) is 2.88. The Balaban J connectivity index is 2.05. The number of nitrogens with zero attached hydrogens (tertiary/aromatic N) is 2. The molecule has 120 valence electrons. The highest BCUT2D eigenvalue weighted by Gasteiger charge is 2.32. The average molecular weight is 322 g/mol. The highest BCUT2D eigenvalue weighted by molar-refractivity contribution is 7.91. The summed E-state index contributed by atoms with van der Waals surface area (Å²) >= 11 is 0. The Hall–Kier alpha value is -1.42. The molecule has 1 N–H and O–H groups in total. The van der Waals surface area contributed by atoms with E-state index in [1.54, 1.807) is 24.3 Å². The summed E-state index contributed by atoms with van der Waals surface area (Å²) in [5, 5.41) is 19.2. The number of nitriles is 1. The first kappa shape index (κ1) is 16.9. The van der Waals surface area contributed by atoms with Crippen LogP contribution in [0.5, 0.6) is 0 Å². The highest BCUT2D eigenvalue weighted by Crippen LogP contribution is 2.22. The first-order valence-electron chi connectivity index (χ1n) is 7.58. The number of benzene rings is 1. The summed E-state index contributed by atoms with van der Waals surface area (Å²) in [6, 6.07) is 8.91. The first-order chi connectivity index (χ1) is 10.4. The predicted molar refractivity (Wildman–Crippen MR) is 85.0 cm³/mol. The smallest absolute Gasteiger partial charge is 0.151 e. The molecule has 2 atom stereocenters. The fraction of sp³-hybridized carbons (Fsp3) is 0.562. The third kappa shape index (κ3) is 4.29. The molecule has 0 radical (unpaired) electrons. The quantitative estimate of drug-likeness (QED) is 0.858. The van der Waals surface area contributed by atoms with Gasteiger partial charge in [-0.15, -0.1) is 0 Å². The van der Waals surface area contributed by atoms with Crippen LogP contribution in [0.4, 0.5) is 0 Å². The van der Waals surface area contributed by atoms with E-state index in [4.69, 9.17) is 5.26 Å². The van der Waals surface area contributed by atoms with E-state index in [-0.39, 0.29) is 17.5 Å². The normalized spacial score (nSPS) is 21.6. The van der Waals surface area contributed by atoms with E-state index in [2.05, 4.69) is 4.90 Å². The number of aliphatic hydroxyl groups is 1. The summed E-state index contributed by atoms with van der Waals surface area (Å²) in [6.45, 7) is 3.23. The van der Waals surface area contributed by atoms with Gasteiger partial charge in [0.15, 0.2) is 9.84 Å². The molecule has 0 bridgehead atoms. The fourth-order valence-corrected chi connectivity index (χ4v) is 4.64. The van der Waals surface area contributed by atoms with Crippen molar-refractivity contribution in [3.63, 3.8) is 0 Å². The Morgan fingerprint density at radius 1 is 1.41 bits per heavy atom. The Morgan fingerprint density at radius 3 is 2.59 bits per heavy atom. The van der Waals surface area contributed by atoms with Crippen molar-refractivity contribution in [2.75, 3.05) is 24.6 Å². The lowest BCUT2D eigenvalue weighted by atomic mass is 10.1. The largest absolute Gasteiger partial charge is 0.387 e. The summed E-state index contributed by atoms with van der Waals surface area (Å²) < 4.78 is 23.3. The van der Waals surface area contributed by atoms with Gasteiger partial charge in [0.25, 0.3) is 0 Å². The van der Waals surface area contributed by atoms with E-state index in [0.29, 0.717) is 18.5 Å².